The van der Waals surface area contributed by atoms with E-state index < -0.39 is 11.1 Å². The Bertz CT molecular complexity index is 572. The Morgan fingerprint density at radius 3 is 2.56 bits per heavy atom. The van der Waals surface area contributed by atoms with E-state index in [1.807, 2.05) is 13.8 Å². The second-order valence-corrected chi connectivity index (χ2v) is 5.62. The van der Waals surface area contributed by atoms with Crippen LogP contribution < -0.4 is 5.32 Å². The average Bonchev–Trinajstić information content (AvgIpc) is 2.62. The zero-order valence-electron chi connectivity index (χ0n) is 10.7. The van der Waals surface area contributed by atoms with Gasteiger partial charge in [-0.2, -0.15) is 15.1 Å². The van der Waals surface area contributed by atoms with Gasteiger partial charge in [-0.25, -0.2) is 0 Å². The van der Waals surface area contributed by atoms with Crippen molar-refractivity contribution in [2.24, 2.45) is 0 Å². The van der Waals surface area contributed by atoms with Crippen LogP contribution in [0.15, 0.2) is 6.20 Å². The van der Waals surface area contributed by atoms with Crippen molar-refractivity contribution in [3.63, 3.8) is 0 Å². The third kappa shape index (κ3) is 2.26. The molecule has 0 aromatic carbocycles. The third-order valence-electron chi connectivity index (χ3n) is 3.24. The Hall–Kier alpha value is -1.40. The number of aromatic amines is 1. The Morgan fingerprint density at radius 1 is 1.28 bits per heavy atom. The zero-order chi connectivity index (χ0) is 13.6. The molecule has 3 N–H and O–H groups in total. The lowest BCUT2D eigenvalue weighted by Crippen LogP contribution is -2.51. The summed E-state index contributed by atoms with van der Waals surface area (Å²) in [5, 5.41) is 20.8. The van der Waals surface area contributed by atoms with E-state index in [1.165, 1.54) is 0 Å². The Morgan fingerprint density at radius 2 is 1.94 bits per heavy atom. The predicted molar refractivity (Wildman–Crippen MR) is 70.7 cm³/mol. The van der Waals surface area contributed by atoms with Crippen LogP contribution in [0.5, 0.6) is 0 Å². The van der Waals surface area contributed by atoms with Gasteiger partial charge in [0.2, 0.25) is 5.28 Å². The molecule has 0 unspecified atom stereocenters. The summed E-state index contributed by atoms with van der Waals surface area (Å²) in [6.45, 7) is 7.23. The standard InChI is InChI=1S/C11H16ClN5O/c1-10(2,11(3,4)18)16-7-6-5-13-17-8(6)15-9(12)14-7/h5,18H,1-4H3,(H2,13,14,15,16,17). The van der Waals surface area contributed by atoms with Gasteiger partial charge in [-0.3, -0.25) is 5.10 Å². The van der Waals surface area contributed by atoms with Crippen LogP contribution in [-0.4, -0.2) is 36.4 Å². The lowest BCUT2D eigenvalue weighted by atomic mass is 9.86. The zero-order valence-corrected chi connectivity index (χ0v) is 11.5. The lowest BCUT2D eigenvalue weighted by Gasteiger charge is -2.38. The largest absolute Gasteiger partial charge is 0.388 e. The maximum absolute atomic E-state index is 10.1. The highest BCUT2D eigenvalue weighted by molar-refractivity contribution is 6.28. The first-order valence-electron chi connectivity index (χ1n) is 5.58. The lowest BCUT2D eigenvalue weighted by molar-refractivity contribution is 0.0239. The molecular formula is C11H16ClN5O. The van der Waals surface area contributed by atoms with Crippen molar-refractivity contribution in [1.29, 1.82) is 0 Å². The summed E-state index contributed by atoms with van der Waals surface area (Å²) in [5.74, 6) is 0.547. The summed E-state index contributed by atoms with van der Waals surface area (Å²) in [4.78, 5) is 8.17. The van der Waals surface area contributed by atoms with Crippen molar-refractivity contribution in [2.75, 3.05) is 5.32 Å². The Kier molecular flexibility index (Phi) is 2.95. The summed E-state index contributed by atoms with van der Waals surface area (Å²) in [6, 6.07) is 0. The molecule has 0 amide bonds. The van der Waals surface area contributed by atoms with Crippen LogP contribution in [0.4, 0.5) is 5.82 Å². The maximum Gasteiger partial charge on any atom is 0.226 e. The van der Waals surface area contributed by atoms with Gasteiger partial charge in [0.1, 0.15) is 5.82 Å². The summed E-state index contributed by atoms with van der Waals surface area (Å²) in [6.07, 6.45) is 1.62. The quantitative estimate of drug-likeness (QED) is 0.742. The molecule has 7 heteroatoms. The maximum atomic E-state index is 10.1. The molecule has 0 bridgehead atoms. The van der Waals surface area contributed by atoms with Crippen LogP contribution >= 0.6 is 11.6 Å². The van der Waals surface area contributed by atoms with E-state index in [2.05, 4.69) is 25.5 Å². The van der Waals surface area contributed by atoms with Crippen molar-refractivity contribution in [3.8, 4) is 0 Å². The minimum Gasteiger partial charge on any atom is -0.388 e. The molecule has 18 heavy (non-hydrogen) atoms. The predicted octanol–water partition coefficient (Wildman–Crippen LogP) is 1.97. The topological polar surface area (TPSA) is 86.7 Å². The molecule has 0 fully saturated rings. The number of aromatic nitrogens is 4. The number of H-pyrrole nitrogens is 1. The van der Waals surface area contributed by atoms with E-state index in [9.17, 15) is 5.11 Å². The van der Waals surface area contributed by atoms with Gasteiger partial charge in [-0.1, -0.05) is 0 Å². The number of nitrogens with one attached hydrogen (secondary N) is 2. The average molecular weight is 270 g/mol. The van der Waals surface area contributed by atoms with E-state index >= 15 is 0 Å². The van der Waals surface area contributed by atoms with Crippen molar-refractivity contribution in [3.05, 3.63) is 11.5 Å². The number of rotatable bonds is 3. The van der Waals surface area contributed by atoms with Crippen molar-refractivity contribution in [2.45, 2.75) is 38.8 Å². The number of anilines is 1. The fraction of sp³-hybridized carbons (Fsp3) is 0.545. The number of nitrogens with zero attached hydrogens (tertiary/aromatic N) is 3. The van der Waals surface area contributed by atoms with Crippen LogP contribution in [0.2, 0.25) is 5.28 Å². The second kappa shape index (κ2) is 4.07. The monoisotopic (exact) mass is 269 g/mol. The molecule has 2 rings (SSSR count). The highest BCUT2D eigenvalue weighted by Gasteiger charge is 2.35. The van der Waals surface area contributed by atoms with E-state index in [0.29, 0.717) is 11.5 Å². The normalized spacial score (nSPS) is 13.0. The number of aliphatic hydroxyl groups is 1. The van der Waals surface area contributed by atoms with Crippen molar-refractivity contribution in [1.82, 2.24) is 20.2 Å². The number of hydrogen-bond donors (Lipinski definition) is 3. The SMILES string of the molecule is CC(C)(O)C(C)(C)Nc1nc(Cl)nc2[nH]ncc12. The molecule has 0 aliphatic heterocycles. The molecule has 2 heterocycles. The Balaban J connectivity index is 2.46. The van der Waals surface area contributed by atoms with Gasteiger partial charge in [-0.15, -0.1) is 0 Å². The first kappa shape index (κ1) is 13.0. The fourth-order valence-electron chi connectivity index (χ4n) is 1.35. The molecule has 98 valence electrons. The van der Waals surface area contributed by atoms with E-state index in [-0.39, 0.29) is 5.28 Å². The van der Waals surface area contributed by atoms with Gasteiger partial charge in [-0.05, 0) is 39.3 Å². The van der Waals surface area contributed by atoms with Crippen molar-refractivity contribution < 1.29 is 5.11 Å². The van der Waals surface area contributed by atoms with Gasteiger partial charge in [0, 0.05) is 0 Å². The molecule has 2 aromatic rings. The molecule has 2 aromatic heterocycles. The number of fused-ring (bicyclic) bond motifs is 1. The minimum atomic E-state index is -0.930. The van der Waals surface area contributed by atoms with Crippen LogP contribution in [0.25, 0.3) is 11.0 Å². The number of hydrogen-bond acceptors (Lipinski definition) is 5. The van der Waals surface area contributed by atoms with E-state index in [4.69, 9.17) is 11.6 Å². The van der Waals surface area contributed by atoms with E-state index in [0.717, 1.165) is 5.39 Å². The third-order valence-corrected chi connectivity index (χ3v) is 3.41. The molecule has 0 aliphatic carbocycles. The summed E-state index contributed by atoms with van der Waals surface area (Å²) >= 11 is 5.85. The van der Waals surface area contributed by atoms with Crippen LogP contribution in [-0.2, 0) is 0 Å². The van der Waals surface area contributed by atoms with Gasteiger partial charge in [0.15, 0.2) is 5.65 Å². The summed E-state index contributed by atoms with van der Waals surface area (Å²) < 4.78 is 0. The van der Waals surface area contributed by atoms with E-state index in [1.54, 1.807) is 20.0 Å². The molecule has 0 spiro atoms. The minimum absolute atomic E-state index is 0.126. The second-order valence-electron chi connectivity index (χ2n) is 5.28. The summed E-state index contributed by atoms with van der Waals surface area (Å²) in [5.41, 5.74) is -0.959. The molecular weight excluding hydrogens is 254 g/mol. The first-order valence-corrected chi connectivity index (χ1v) is 5.96. The van der Waals surface area contributed by atoms with Gasteiger partial charge < -0.3 is 10.4 Å². The fourth-order valence-corrected chi connectivity index (χ4v) is 1.52. The highest BCUT2D eigenvalue weighted by atomic mass is 35.5. The van der Waals surface area contributed by atoms with Gasteiger partial charge in [0.25, 0.3) is 0 Å². The van der Waals surface area contributed by atoms with Gasteiger partial charge in [0.05, 0.1) is 22.7 Å². The van der Waals surface area contributed by atoms with Crippen LogP contribution in [0, 0.1) is 0 Å². The van der Waals surface area contributed by atoms with Crippen LogP contribution in [0.3, 0.4) is 0 Å². The van der Waals surface area contributed by atoms with Gasteiger partial charge >= 0.3 is 0 Å². The van der Waals surface area contributed by atoms with Crippen LogP contribution in [0.1, 0.15) is 27.7 Å². The molecule has 0 saturated heterocycles. The molecule has 0 saturated carbocycles. The smallest absolute Gasteiger partial charge is 0.226 e. The molecule has 0 atom stereocenters. The first-order chi connectivity index (χ1) is 8.21. The van der Waals surface area contributed by atoms with Crippen molar-refractivity contribution >= 4 is 28.5 Å². The highest BCUT2D eigenvalue weighted by Crippen LogP contribution is 2.28. The Labute approximate surface area is 110 Å². The summed E-state index contributed by atoms with van der Waals surface area (Å²) in [7, 11) is 0. The molecule has 6 nitrogen and oxygen atoms in total. The molecule has 0 aliphatic rings. The molecule has 0 radical (unpaired) electrons. The number of halogens is 1.